The van der Waals surface area contributed by atoms with Gasteiger partial charge in [0, 0.05) is 39.5 Å². The number of carboxylic acids is 1. The van der Waals surface area contributed by atoms with Crippen LogP contribution in [-0.4, -0.2) is 31.4 Å². The third-order valence-electron chi connectivity index (χ3n) is 6.35. The van der Waals surface area contributed by atoms with Gasteiger partial charge in [-0.05, 0) is 70.6 Å². The van der Waals surface area contributed by atoms with E-state index in [0.29, 0.717) is 11.3 Å². The van der Waals surface area contributed by atoms with Crippen LogP contribution in [0.2, 0.25) is 0 Å². The molecule has 0 amide bonds. The molecule has 4 aromatic rings. The van der Waals surface area contributed by atoms with Crippen molar-refractivity contribution in [3.63, 3.8) is 0 Å². The topological polar surface area (TPSA) is 77.2 Å². The lowest BCUT2D eigenvalue weighted by Gasteiger charge is -2.28. The second-order valence-corrected chi connectivity index (χ2v) is 10.9. The maximum Gasteiger partial charge on any atom is 0.337 e. The summed E-state index contributed by atoms with van der Waals surface area (Å²) in [5.41, 5.74) is 4.98. The van der Waals surface area contributed by atoms with Crippen molar-refractivity contribution in [1.29, 1.82) is 0 Å². The van der Waals surface area contributed by atoms with Crippen LogP contribution in [0.25, 0.3) is 32.2 Å². The molecule has 1 atom stereocenters. The van der Waals surface area contributed by atoms with Gasteiger partial charge in [-0.25, -0.2) is 9.78 Å². The molecular weight excluding hydrogens is 434 g/mol. The molecule has 0 fully saturated rings. The third kappa shape index (κ3) is 3.73. The smallest absolute Gasteiger partial charge is 0.337 e. The van der Waals surface area contributed by atoms with E-state index in [1.165, 1.54) is 16.9 Å². The van der Waals surface area contributed by atoms with Gasteiger partial charge < -0.3 is 9.84 Å². The Balaban J connectivity index is 1.93. The number of benzene rings is 1. The van der Waals surface area contributed by atoms with E-state index in [1.54, 1.807) is 11.3 Å². The molecule has 7 heteroatoms. The van der Waals surface area contributed by atoms with Gasteiger partial charge in [-0.1, -0.05) is 12.1 Å². The van der Waals surface area contributed by atoms with Crippen LogP contribution in [0.4, 0.5) is 0 Å². The first kappa shape index (κ1) is 22.0. The summed E-state index contributed by atoms with van der Waals surface area (Å²) in [6, 6.07) is 6.13. The monoisotopic (exact) mass is 463 g/mol. The highest BCUT2D eigenvalue weighted by atomic mass is 32.1. The van der Waals surface area contributed by atoms with Gasteiger partial charge in [-0.3, -0.25) is 4.68 Å². The lowest BCUT2D eigenvalue weighted by molar-refractivity contribution is -0.160. The number of aromatic nitrogens is 3. The molecule has 6 nitrogen and oxygen atoms in total. The van der Waals surface area contributed by atoms with Gasteiger partial charge in [0.25, 0.3) is 0 Å². The Bertz CT molecular complexity index is 1390. The van der Waals surface area contributed by atoms with E-state index in [2.05, 4.69) is 11.2 Å². The zero-order valence-electron chi connectivity index (χ0n) is 19.7. The molecule has 0 saturated carbocycles. The number of aliphatic carboxylic acids is 1. The Morgan fingerprint density at radius 2 is 2.00 bits per heavy atom. The predicted molar refractivity (Wildman–Crippen MR) is 132 cm³/mol. The van der Waals surface area contributed by atoms with E-state index < -0.39 is 17.7 Å². The maximum atomic E-state index is 12.6. The number of aryl methyl sites for hydroxylation is 4. The summed E-state index contributed by atoms with van der Waals surface area (Å²) in [4.78, 5) is 19.9. The highest BCUT2D eigenvalue weighted by Crippen LogP contribution is 2.47. The molecule has 0 aliphatic heterocycles. The van der Waals surface area contributed by atoms with Crippen LogP contribution in [0, 0.1) is 6.92 Å². The minimum Gasteiger partial charge on any atom is -0.479 e. The fourth-order valence-corrected chi connectivity index (χ4v) is 6.32. The predicted octanol–water partition coefficient (Wildman–Crippen LogP) is 5.98. The number of hydrogen-bond acceptors (Lipinski definition) is 5. The SMILES string of the molecule is Cc1nc2sc3c(c2c(-c2cccc4c2cnn4C)c1[C@H](OC(C)(C)C)C(=O)O)CCCC3. The lowest BCUT2D eigenvalue weighted by atomic mass is 9.87. The Morgan fingerprint density at radius 3 is 2.73 bits per heavy atom. The van der Waals surface area contributed by atoms with Gasteiger partial charge >= 0.3 is 5.97 Å². The van der Waals surface area contributed by atoms with Crippen molar-refractivity contribution in [1.82, 2.24) is 14.8 Å². The van der Waals surface area contributed by atoms with Crippen LogP contribution < -0.4 is 0 Å². The molecule has 3 aromatic heterocycles. The number of pyridine rings is 1. The summed E-state index contributed by atoms with van der Waals surface area (Å²) >= 11 is 1.76. The summed E-state index contributed by atoms with van der Waals surface area (Å²) in [6.07, 6.45) is 5.12. The summed E-state index contributed by atoms with van der Waals surface area (Å²) in [6.45, 7) is 7.57. The van der Waals surface area contributed by atoms with Crippen LogP contribution in [0.3, 0.4) is 0 Å². The highest BCUT2D eigenvalue weighted by Gasteiger charge is 2.34. The molecular formula is C26H29N3O3S. The van der Waals surface area contributed by atoms with E-state index in [-0.39, 0.29) is 0 Å². The number of ether oxygens (including phenoxy) is 1. The van der Waals surface area contributed by atoms with Crippen LogP contribution >= 0.6 is 11.3 Å². The van der Waals surface area contributed by atoms with Gasteiger partial charge in [0.2, 0.25) is 0 Å². The zero-order valence-corrected chi connectivity index (χ0v) is 20.5. The van der Waals surface area contributed by atoms with E-state index in [4.69, 9.17) is 9.72 Å². The van der Waals surface area contributed by atoms with Crippen molar-refractivity contribution in [2.24, 2.45) is 7.05 Å². The van der Waals surface area contributed by atoms with E-state index in [0.717, 1.165) is 51.5 Å². The van der Waals surface area contributed by atoms with Crippen molar-refractivity contribution in [3.8, 4) is 11.1 Å². The second-order valence-electron chi connectivity index (χ2n) is 9.83. The molecule has 33 heavy (non-hydrogen) atoms. The average molecular weight is 464 g/mol. The van der Waals surface area contributed by atoms with Gasteiger partial charge in [0.15, 0.2) is 6.10 Å². The molecule has 0 bridgehead atoms. The van der Waals surface area contributed by atoms with Crippen molar-refractivity contribution < 1.29 is 14.6 Å². The second kappa shape index (κ2) is 7.92. The summed E-state index contributed by atoms with van der Waals surface area (Å²) in [5, 5.41) is 16.9. The summed E-state index contributed by atoms with van der Waals surface area (Å²) in [5.74, 6) is -1.00. The number of nitrogens with zero attached hydrogens (tertiary/aromatic N) is 3. The number of rotatable bonds is 4. The maximum absolute atomic E-state index is 12.6. The highest BCUT2D eigenvalue weighted by molar-refractivity contribution is 7.19. The van der Waals surface area contributed by atoms with Gasteiger partial charge in [0.1, 0.15) is 4.83 Å². The number of hydrogen-bond donors (Lipinski definition) is 1. The molecule has 172 valence electrons. The Morgan fingerprint density at radius 1 is 1.24 bits per heavy atom. The normalized spacial score (nSPS) is 15.2. The molecule has 1 aliphatic rings. The fraction of sp³-hybridized carbons (Fsp3) is 0.423. The number of thiophene rings is 1. The van der Waals surface area contributed by atoms with E-state index >= 15 is 0 Å². The zero-order chi connectivity index (χ0) is 23.5. The molecule has 1 aromatic carbocycles. The minimum absolute atomic E-state index is 0.629. The Labute approximate surface area is 197 Å². The standard InChI is InChI=1S/C26H29N3O3S/c1-14-20(23(25(30)31)32-26(2,3)4)21(15-10-8-11-18-17(15)13-27-29(18)5)22-16-9-6-7-12-19(16)33-24(22)28-14/h8,10-11,13,23H,6-7,9,12H2,1-5H3,(H,30,31)/t23-/m0/s1. The van der Waals surface area contributed by atoms with Crippen molar-refractivity contribution in [3.05, 3.63) is 46.1 Å². The largest absolute Gasteiger partial charge is 0.479 e. The number of carbonyl (C=O) groups is 1. The molecule has 3 heterocycles. The Kier molecular flexibility index (Phi) is 5.29. The molecule has 0 saturated heterocycles. The number of fused-ring (bicyclic) bond motifs is 4. The Hall–Kier alpha value is -2.77. The quantitative estimate of drug-likeness (QED) is 0.403. The number of carboxylic acid groups (broad SMARTS) is 1. The third-order valence-corrected chi connectivity index (χ3v) is 7.54. The molecule has 0 spiro atoms. The van der Waals surface area contributed by atoms with Crippen molar-refractivity contribution in [2.45, 2.75) is 65.1 Å². The van der Waals surface area contributed by atoms with Crippen LogP contribution in [0.1, 0.15) is 61.4 Å². The first-order valence-corrected chi connectivity index (χ1v) is 12.2. The van der Waals surface area contributed by atoms with Gasteiger partial charge in [0.05, 0.1) is 17.3 Å². The van der Waals surface area contributed by atoms with Crippen molar-refractivity contribution >= 4 is 38.4 Å². The van der Waals surface area contributed by atoms with E-state index in [9.17, 15) is 9.90 Å². The summed E-state index contributed by atoms with van der Waals surface area (Å²) < 4.78 is 8.01. The van der Waals surface area contributed by atoms with Crippen LogP contribution in [0.5, 0.6) is 0 Å². The molecule has 1 N–H and O–H groups in total. The molecule has 0 unspecified atom stereocenters. The van der Waals surface area contributed by atoms with Gasteiger partial charge in [-0.15, -0.1) is 11.3 Å². The van der Waals surface area contributed by atoms with Crippen molar-refractivity contribution in [2.75, 3.05) is 0 Å². The van der Waals surface area contributed by atoms with Gasteiger partial charge in [-0.2, -0.15) is 5.10 Å². The first-order valence-electron chi connectivity index (χ1n) is 11.4. The molecule has 0 radical (unpaired) electrons. The van der Waals surface area contributed by atoms with Crippen LogP contribution in [-0.2, 0) is 29.4 Å². The van der Waals surface area contributed by atoms with Crippen LogP contribution in [0.15, 0.2) is 24.4 Å². The summed E-state index contributed by atoms with van der Waals surface area (Å²) in [7, 11) is 1.93. The first-order chi connectivity index (χ1) is 15.7. The minimum atomic E-state index is -1.12. The average Bonchev–Trinajstić information content (AvgIpc) is 3.31. The molecule has 1 aliphatic carbocycles. The molecule has 5 rings (SSSR count). The van der Waals surface area contributed by atoms with E-state index in [1.807, 2.05) is 57.8 Å². The lowest BCUT2D eigenvalue weighted by Crippen LogP contribution is -2.28. The fourth-order valence-electron chi connectivity index (χ4n) is 5.00.